The third-order valence-corrected chi connectivity index (χ3v) is 2.68. The van der Waals surface area contributed by atoms with Gasteiger partial charge in [-0.1, -0.05) is 24.3 Å². The standard InChI is InChI=1S/C15H15FO3/c1-2-18-15(17)9-13-7-8-14(19-13)12-5-3-11(10-16)4-6-12/h3-8H,2,9-10H2,1H3. The second-order valence-electron chi connectivity index (χ2n) is 4.08. The van der Waals surface area contributed by atoms with E-state index in [1.165, 1.54) is 0 Å². The van der Waals surface area contributed by atoms with Crippen LogP contribution in [0.5, 0.6) is 0 Å². The Kier molecular flexibility index (Phi) is 4.34. The first kappa shape index (κ1) is 13.3. The Morgan fingerprint density at radius 3 is 2.58 bits per heavy atom. The van der Waals surface area contributed by atoms with Gasteiger partial charge in [0.2, 0.25) is 0 Å². The minimum absolute atomic E-state index is 0.121. The highest BCUT2D eigenvalue weighted by Crippen LogP contribution is 2.23. The van der Waals surface area contributed by atoms with E-state index in [9.17, 15) is 9.18 Å². The van der Waals surface area contributed by atoms with Crippen LogP contribution in [0.3, 0.4) is 0 Å². The molecule has 4 heteroatoms. The van der Waals surface area contributed by atoms with Crippen LogP contribution >= 0.6 is 0 Å². The summed E-state index contributed by atoms with van der Waals surface area (Å²) < 4.78 is 22.8. The summed E-state index contributed by atoms with van der Waals surface area (Å²) in [6.07, 6.45) is 0.121. The number of halogens is 1. The van der Waals surface area contributed by atoms with Gasteiger partial charge in [0.1, 0.15) is 24.6 Å². The van der Waals surface area contributed by atoms with Crippen LogP contribution in [-0.2, 0) is 22.6 Å². The summed E-state index contributed by atoms with van der Waals surface area (Å²) >= 11 is 0. The number of hydrogen-bond acceptors (Lipinski definition) is 3. The zero-order valence-corrected chi connectivity index (χ0v) is 10.7. The van der Waals surface area contributed by atoms with E-state index in [0.717, 1.165) is 5.56 Å². The molecule has 0 N–H and O–H groups in total. The monoisotopic (exact) mass is 262 g/mol. The lowest BCUT2D eigenvalue weighted by molar-refractivity contribution is -0.142. The number of carbonyl (C=O) groups is 1. The van der Waals surface area contributed by atoms with Crippen molar-refractivity contribution in [3.63, 3.8) is 0 Å². The van der Waals surface area contributed by atoms with E-state index >= 15 is 0 Å². The average molecular weight is 262 g/mol. The number of esters is 1. The Balaban J connectivity index is 2.09. The fourth-order valence-corrected chi connectivity index (χ4v) is 1.74. The molecule has 100 valence electrons. The van der Waals surface area contributed by atoms with Crippen LogP contribution in [-0.4, -0.2) is 12.6 Å². The van der Waals surface area contributed by atoms with Gasteiger partial charge in [-0.25, -0.2) is 4.39 Å². The molecule has 0 spiro atoms. The Labute approximate surface area is 111 Å². The summed E-state index contributed by atoms with van der Waals surface area (Å²) in [7, 11) is 0. The average Bonchev–Trinajstić information content (AvgIpc) is 2.87. The molecule has 0 aliphatic heterocycles. The molecule has 1 aromatic heterocycles. The van der Waals surface area contributed by atoms with Gasteiger partial charge >= 0.3 is 5.97 Å². The van der Waals surface area contributed by atoms with Crippen LogP contribution in [0.15, 0.2) is 40.8 Å². The zero-order chi connectivity index (χ0) is 13.7. The van der Waals surface area contributed by atoms with Gasteiger partial charge < -0.3 is 9.15 Å². The SMILES string of the molecule is CCOC(=O)Cc1ccc(-c2ccc(CF)cc2)o1. The molecule has 0 aliphatic carbocycles. The molecule has 0 radical (unpaired) electrons. The fraction of sp³-hybridized carbons (Fsp3) is 0.267. The predicted molar refractivity (Wildman–Crippen MR) is 69.3 cm³/mol. The van der Waals surface area contributed by atoms with Gasteiger partial charge in [0, 0.05) is 5.56 Å². The van der Waals surface area contributed by atoms with Crippen molar-refractivity contribution < 1.29 is 18.3 Å². The summed E-state index contributed by atoms with van der Waals surface area (Å²) in [6, 6.07) is 10.5. The lowest BCUT2D eigenvalue weighted by Gasteiger charge is -2.00. The van der Waals surface area contributed by atoms with Gasteiger partial charge in [-0.15, -0.1) is 0 Å². The molecule has 19 heavy (non-hydrogen) atoms. The van der Waals surface area contributed by atoms with Crippen molar-refractivity contribution in [3.8, 4) is 11.3 Å². The molecular weight excluding hydrogens is 247 g/mol. The second kappa shape index (κ2) is 6.18. The van der Waals surface area contributed by atoms with Crippen molar-refractivity contribution in [2.24, 2.45) is 0 Å². The van der Waals surface area contributed by atoms with Crippen LogP contribution in [0.1, 0.15) is 18.2 Å². The van der Waals surface area contributed by atoms with Crippen molar-refractivity contribution in [1.29, 1.82) is 0 Å². The molecule has 0 fully saturated rings. The Morgan fingerprint density at radius 2 is 1.95 bits per heavy atom. The largest absolute Gasteiger partial charge is 0.466 e. The number of benzene rings is 1. The van der Waals surface area contributed by atoms with Gasteiger partial charge in [-0.3, -0.25) is 4.79 Å². The summed E-state index contributed by atoms with van der Waals surface area (Å²) in [5, 5.41) is 0. The van der Waals surface area contributed by atoms with E-state index in [4.69, 9.17) is 9.15 Å². The number of ether oxygens (including phenoxy) is 1. The van der Waals surface area contributed by atoms with Crippen LogP contribution < -0.4 is 0 Å². The molecular formula is C15H15FO3. The molecule has 0 atom stereocenters. The van der Waals surface area contributed by atoms with Crippen LogP contribution in [0, 0.1) is 0 Å². The number of alkyl halides is 1. The molecule has 2 rings (SSSR count). The summed E-state index contributed by atoms with van der Waals surface area (Å²) in [4.78, 5) is 11.3. The summed E-state index contributed by atoms with van der Waals surface area (Å²) in [5.41, 5.74) is 1.48. The number of carbonyl (C=O) groups excluding carboxylic acids is 1. The molecule has 0 unspecified atom stereocenters. The van der Waals surface area contributed by atoms with E-state index in [2.05, 4.69) is 0 Å². The number of rotatable bonds is 5. The highest BCUT2D eigenvalue weighted by molar-refractivity contribution is 5.72. The molecule has 0 saturated heterocycles. The Morgan fingerprint density at radius 1 is 1.21 bits per heavy atom. The minimum atomic E-state index is -0.480. The van der Waals surface area contributed by atoms with Crippen LogP contribution in [0.4, 0.5) is 4.39 Å². The number of hydrogen-bond donors (Lipinski definition) is 0. The maximum atomic E-state index is 12.4. The van der Waals surface area contributed by atoms with Crippen molar-refractivity contribution in [1.82, 2.24) is 0 Å². The van der Waals surface area contributed by atoms with Crippen molar-refractivity contribution in [2.75, 3.05) is 6.61 Å². The first-order valence-electron chi connectivity index (χ1n) is 6.12. The Bertz CT molecular complexity index is 543. The molecule has 1 aromatic carbocycles. The predicted octanol–water partition coefficient (Wildman–Crippen LogP) is 3.52. The van der Waals surface area contributed by atoms with E-state index in [1.54, 1.807) is 43.3 Å². The van der Waals surface area contributed by atoms with E-state index in [0.29, 0.717) is 23.7 Å². The van der Waals surface area contributed by atoms with Crippen molar-refractivity contribution >= 4 is 5.97 Å². The van der Waals surface area contributed by atoms with Gasteiger partial charge in [0.15, 0.2) is 0 Å². The van der Waals surface area contributed by atoms with Gasteiger partial charge in [0.05, 0.1) is 6.61 Å². The quantitative estimate of drug-likeness (QED) is 0.774. The topological polar surface area (TPSA) is 39.4 Å². The van der Waals surface area contributed by atoms with E-state index in [-0.39, 0.29) is 12.4 Å². The summed E-state index contributed by atoms with van der Waals surface area (Å²) in [6.45, 7) is 1.64. The highest BCUT2D eigenvalue weighted by atomic mass is 19.1. The molecule has 0 saturated carbocycles. The smallest absolute Gasteiger partial charge is 0.313 e. The highest BCUT2D eigenvalue weighted by Gasteiger charge is 2.09. The van der Waals surface area contributed by atoms with Gasteiger partial charge in [-0.2, -0.15) is 0 Å². The normalized spacial score (nSPS) is 10.4. The number of furan rings is 1. The maximum absolute atomic E-state index is 12.4. The van der Waals surface area contributed by atoms with Crippen LogP contribution in [0.2, 0.25) is 0 Å². The molecule has 0 bridgehead atoms. The van der Waals surface area contributed by atoms with Crippen molar-refractivity contribution in [2.45, 2.75) is 20.0 Å². The van der Waals surface area contributed by atoms with Crippen LogP contribution in [0.25, 0.3) is 11.3 Å². The fourth-order valence-electron chi connectivity index (χ4n) is 1.74. The molecule has 3 nitrogen and oxygen atoms in total. The Hall–Kier alpha value is -2.10. The first-order chi connectivity index (χ1) is 9.22. The lowest BCUT2D eigenvalue weighted by atomic mass is 10.1. The molecule has 1 heterocycles. The molecule has 0 aliphatic rings. The van der Waals surface area contributed by atoms with E-state index < -0.39 is 6.67 Å². The third kappa shape index (κ3) is 3.44. The van der Waals surface area contributed by atoms with Gasteiger partial charge in [0.25, 0.3) is 0 Å². The molecule has 0 amide bonds. The van der Waals surface area contributed by atoms with E-state index in [1.807, 2.05) is 0 Å². The maximum Gasteiger partial charge on any atom is 0.313 e. The summed E-state index contributed by atoms with van der Waals surface area (Å²) in [5.74, 6) is 0.906. The third-order valence-electron chi connectivity index (χ3n) is 2.68. The van der Waals surface area contributed by atoms with Gasteiger partial charge in [-0.05, 0) is 24.6 Å². The first-order valence-corrected chi connectivity index (χ1v) is 6.12. The lowest BCUT2D eigenvalue weighted by Crippen LogP contribution is -2.06. The van der Waals surface area contributed by atoms with Crippen molar-refractivity contribution in [3.05, 3.63) is 47.7 Å². The molecule has 2 aromatic rings. The second-order valence-corrected chi connectivity index (χ2v) is 4.08. The minimum Gasteiger partial charge on any atom is -0.466 e. The zero-order valence-electron chi connectivity index (χ0n) is 10.7.